The number of nitriles is 1. The summed E-state index contributed by atoms with van der Waals surface area (Å²) >= 11 is 1.80. The van der Waals surface area contributed by atoms with E-state index in [-0.39, 0.29) is 0 Å². The third-order valence-corrected chi connectivity index (χ3v) is 3.66. The predicted molar refractivity (Wildman–Crippen MR) is 70.0 cm³/mol. The van der Waals surface area contributed by atoms with Crippen molar-refractivity contribution < 1.29 is 0 Å². The van der Waals surface area contributed by atoms with E-state index in [0.717, 1.165) is 18.7 Å². The van der Waals surface area contributed by atoms with E-state index in [1.165, 1.54) is 9.75 Å². The Labute approximate surface area is 105 Å². The van der Waals surface area contributed by atoms with Crippen molar-refractivity contribution in [2.24, 2.45) is 0 Å². The number of anilines is 1. The topological polar surface area (TPSA) is 48.7 Å². The van der Waals surface area contributed by atoms with Gasteiger partial charge >= 0.3 is 0 Å². The highest BCUT2D eigenvalue weighted by Crippen LogP contribution is 2.19. The van der Waals surface area contributed by atoms with Gasteiger partial charge in [0.15, 0.2) is 5.69 Å². The minimum atomic E-state index is 0.444. The van der Waals surface area contributed by atoms with Crippen molar-refractivity contribution in [1.29, 1.82) is 5.26 Å². The van der Waals surface area contributed by atoms with E-state index in [0.29, 0.717) is 5.69 Å². The second-order valence-corrected chi connectivity index (χ2v) is 4.84. The zero-order valence-electron chi connectivity index (χ0n) is 9.60. The molecule has 2 heterocycles. The second kappa shape index (κ2) is 5.46. The average molecular weight is 243 g/mol. The van der Waals surface area contributed by atoms with E-state index in [1.54, 1.807) is 17.5 Å². The van der Waals surface area contributed by atoms with Gasteiger partial charge in [0, 0.05) is 22.5 Å². The summed E-state index contributed by atoms with van der Waals surface area (Å²) in [6.07, 6.45) is 2.70. The molecule has 0 unspecified atom stereocenters. The summed E-state index contributed by atoms with van der Waals surface area (Å²) in [5, 5.41) is 12.2. The molecule has 86 valence electrons. The van der Waals surface area contributed by atoms with Crippen LogP contribution in [0.1, 0.15) is 22.4 Å². The zero-order chi connectivity index (χ0) is 12.1. The minimum absolute atomic E-state index is 0.444. The number of hydrogen-bond acceptors (Lipinski definition) is 4. The minimum Gasteiger partial charge on any atom is -0.378 e. The lowest BCUT2D eigenvalue weighted by atomic mass is 10.3. The van der Waals surface area contributed by atoms with Crippen molar-refractivity contribution in [3.05, 3.63) is 45.9 Å². The lowest BCUT2D eigenvalue weighted by Crippen LogP contribution is -2.00. The van der Waals surface area contributed by atoms with Crippen LogP contribution in [0.4, 0.5) is 5.69 Å². The summed E-state index contributed by atoms with van der Waals surface area (Å²) in [5.41, 5.74) is 1.24. The maximum Gasteiger partial charge on any atom is 0.163 e. The molecule has 0 amide bonds. The van der Waals surface area contributed by atoms with Crippen LogP contribution in [0.2, 0.25) is 0 Å². The molecule has 0 fully saturated rings. The van der Waals surface area contributed by atoms with Gasteiger partial charge < -0.3 is 5.32 Å². The lowest BCUT2D eigenvalue weighted by Gasteiger charge is -2.05. The van der Waals surface area contributed by atoms with Crippen molar-refractivity contribution in [1.82, 2.24) is 4.98 Å². The molecule has 4 heteroatoms. The molecule has 2 aromatic heterocycles. The smallest absolute Gasteiger partial charge is 0.163 e. The number of pyridine rings is 1. The van der Waals surface area contributed by atoms with Crippen LogP contribution in [0.5, 0.6) is 0 Å². The van der Waals surface area contributed by atoms with Gasteiger partial charge in [-0.3, -0.25) is 0 Å². The molecule has 0 aliphatic rings. The highest BCUT2D eigenvalue weighted by atomic mass is 32.1. The molecular formula is C13H13N3S. The molecule has 0 aliphatic carbocycles. The standard InChI is InChI=1S/C13H13N3S/c1-2-10-5-6-11(17-10)9-16-12-4-3-7-15-13(12)8-14/h3-7,16H,2,9H2,1H3. The third-order valence-electron chi connectivity index (χ3n) is 2.43. The van der Waals surface area contributed by atoms with E-state index in [9.17, 15) is 0 Å². The molecule has 0 saturated heterocycles. The number of nitrogens with zero attached hydrogens (tertiary/aromatic N) is 2. The highest BCUT2D eigenvalue weighted by Gasteiger charge is 2.03. The summed E-state index contributed by atoms with van der Waals surface area (Å²) in [4.78, 5) is 6.67. The maximum atomic E-state index is 8.91. The molecule has 0 radical (unpaired) electrons. The van der Waals surface area contributed by atoms with Crippen LogP contribution >= 0.6 is 11.3 Å². The van der Waals surface area contributed by atoms with Crippen LogP contribution in [-0.4, -0.2) is 4.98 Å². The van der Waals surface area contributed by atoms with Gasteiger partial charge in [0.25, 0.3) is 0 Å². The molecule has 0 bridgehead atoms. The maximum absolute atomic E-state index is 8.91. The average Bonchev–Trinajstić information content (AvgIpc) is 2.84. The van der Waals surface area contributed by atoms with E-state index in [1.807, 2.05) is 12.1 Å². The molecule has 0 saturated carbocycles. The van der Waals surface area contributed by atoms with Crippen LogP contribution in [0.25, 0.3) is 0 Å². The van der Waals surface area contributed by atoms with Crippen molar-refractivity contribution >= 4 is 17.0 Å². The van der Waals surface area contributed by atoms with Gasteiger partial charge in [-0.25, -0.2) is 4.98 Å². The van der Waals surface area contributed by atoms with Crippen molar-refractivity contribution in [3.63, 3.8) is 0 Å². The Balaban J connectivity index is 2.05. The predicted octanol–water partition coefficient (Wildman–Crippen LogP) is 3.19. The summed E-state index contributed by atoms with van der Waals surface area (Å²) in [6, 6.07) is 10.1. The largest absolute Gasteiger partial charge is 0.378 e. The molecule has 0 atom stereocenters. The van der Waals surface area contributed by atoms with E-state index < -0.39 is 0 Å². The van der Waals surface area contributed by atoms with Gasteiger partial charge in [-0.1, -0.05) is 6.92 Å². The first-order valence-electron chi connectivity index (χ1n) is 5.50. The van der Waals surface area contributed by atoms with Crippen LogP contribution in [0.15, 0.2) is 30.5 Å². The third kappa shape index (κ3) is 2.83. The SMILES string of the molecule is CCc1ccc(CNc2cccnc2C#N)s1. The molecule has 0 aromatic carbocycles. The number of thiophene rings is 1. The Hall–Kier alpha value is -1.86. The van der Waals surface area contributed by atoms with Gasteiger partial charge in [0.1, 0.15) is 6.07 Å². The Morgan fingerprint density at radius 3 is 2.88 bits per heavy atom. The van der Waals surface area contributed by atoms with Crippen molar-refractivity contribution in [2.45, 2.75) is 19.9 Å². The molecule has 0 spiro atoms. The van der Waals surface area contributed by atoms with E-state index in [2.05, 4.69) is 35.4 Å². The number of aromatic nitrogens is 1. The molecule has 0 aliphatic heterocycles. The first-order chi connectivity index (χ1) is 8.33. The molecule has 3 nitrogen and oxygen atoms in total. The summed E-state index contributed by atoms with van der Waals surface area (Å²) in [5.74, 6) is 0. The Kier molecular flexibility index (Phi) is 3.73. The van der Waals surface area contributed by atoms with Crippen LogP contribution in [0, 0.1) is 11.3 Å². The van der Waals surface area contributed by atoms with Gasteiger partial charge in [-0.15, -0.1) is 11.3 Å². The van der Waals surface area contributed by atoms with Crippen LogP contribution in [0.3, 0.4) is 0 Å². The number of aryl methyl sites for hydroxylation is 1. The first-order valence-corrected chi connectivity index (χ1v) is 6.31. The molecule has 2 rings (SSSR count). The lowest BCUT2D eigenvalue weighted by molar-refractivity contribution is 1.16. The fourth-order valence-corrected chi connectivity index (χ4v) is 2.42. The summed E-state index contributed by atoms with van der Waals surface area (Å²) in [7, 11) is 0. The summed E-state index contributed by atoms with van der Waals surface area (Å²) in [6.45, 7) is 2.89. The Bertz CT molecular complexity index is 540. The summed E-state index contributed by atoms with van der Waals surface area (Å²) < 4.78 is 0. The molecular weight excluding hydrogens is 230 g/mol. The number of hydrogen-bond donors (Lipinski definition) is 1. The molecule has 1 N–H and O–H groups in total. The molecule has 2 aromatic rings. The van der Waals surface area contributed by atoms with Gasteiger partial charge in [0.05, 0.1) is 5.69 Å². The fourth-order valence-electron chi connectivity index (χ4n) is 1.53. The van der Waals surface area contributed by atoms with E-state index in [4.69, 9.17) is 5.26 Å². The molecule has 17 heavy (non-hydrogen) atoms. The first kappa shape index (κ1) is 11.6. The van der Waals surface area contributed by atoms with Crippen LogP contribution in [-0.2, 0) is 13.0 Å². The number of rotatable bonds is 4. The Morgan fingerprint density at radius 1 is 1.35 bits per heavy atom. The zero-order valence-corrected chi connectivity index (χ0v) is 10.4. The van der Waals surface area contributed by atoms with Crippen molar-refractivity contribution in [3.8, 4) is 6.07 Å². The number of nitrogens with one attached hydrogen (secondary N) is 1. The van der Waals surface area contributed by atoms with E-state index >= 15 is 0 Å². The van der Waals surface area contributed by atoms with Gasteiger partial charge in [-0.2, -0.15) is 5.26 Å². The monoisotopic (exact) mass is 243 g/mol. The normalized spacial score (nSPS) is 9.88. The Morgan fingerprint density at radius 2 is 2.18 bits per heavy atom. The quantitative estimate of drug-likeness (QED) is 0.897. The highest BCUT2D eigenvalue weighted by molar-refractivity contribution is 7.12. The van der Waals surface area contributed by atoms with Crippen LogP contribution < -0.4 is 5.32 Å². The van der Waals surface area contributed by atoms with Crippen molar-refractivity contribution in [2.75, 3.05) is 5.32 Å². The van der Waals surface area contributed by atoms with Gasteiger partial charge in [0.2, 0.25) is 0 Å². The second-order valence-electron chi connectivity index (χ2n) is 3.59. The fraction of sp³-hybridized carbons (Fsp3) is 0.231. The van der Waals surface area contributed by atoms with Gasteiger partial charge in [-0.05, 0) is 30.7 Å².